The van der Waals surface area contributed by atoms with E-state index < -0.39 is 0 Å². The summed E-state index contributed by atoms with van der Waals surface area (Å²) in [5.74, 6) is 0.865. The molecule has 1 saturated heterocycles. The predicted octanol–water partition coefficient (Wildman–Crippen LogP) is 4.23. The van der Waals surface area contributed by atoms with Gasteiger partial charge in [-0.05, 0) is 52.5 Å². The summed E-state index contributed by atoms with van der Waals surface area (Å²) < 4.78 is 0.904. The van der Waals surface area contributed by atoms with Gasteiger partial charge in [0.25, 0.3) is 0 Å². The molecule has 0 radical (unpaired) electrons. The van der Waals surface area contributed by atoms with Crippen molar-refractivity contribution in [2.45, 2.75) is 18.9 Å². The topological polar surface area (TPSA) is 29.0 Å². The number of hydrogen-bond acceptors (Lipinski definition) is 3. The number of aromatic nitrogens is 2. The van der Waals surface area contributed by atoms with E-state index in [1.807, 2.05) is 18.5 Å². The highest BCUT2D eigenvalue weighted by molar-refractivity contribution is 9.10. The fourth-order valence-corrected chi connectivity index (χ4v) is 3.31. The Morgan fingerprint density at radius 2 is 2.11 bits per heavy atom. The molecule has 1 fully saturated rings. The van der Waals surface area contributed by atoms with Crippen LogP contribution in [-0.4, -0.2) is 16.5 Å². The lowest BCUT2D eigenvalue weighted by Crippen LogP contribution is -2.23. The van der Waals surface area contributed by atoms with Gasteiger partial charge in [0.2, 0.25) is 0 Å². The minimum Gasteiger partial charge on any atom is -0.348 e. The van der Waals surface area contributed by atoms with Crippen molar-refractivity contribution in [1.82, 2.24) is 9.97 Å². The quantitative estimate of drug-likeness (QED) is 0.820. The van der Waals surface area contributed by atoms with Gasteiger partial charge in [0.15, 0.2) is 0 Å². The molecule has 1 aliphatic heterocycles. The summed E-state index contributed by atoms with van der Waals surface area (Å²) in [5, 5.41) is 0.690. The Hall–Kier alpha value is -1.13. The van der Waals surface area contributed by atoms with Crippen LogP contribution in [0.2, 0.25) is 5.02 Å². The zero-order valence-corrected chi connectivity index (χ0v) is 12.6. The lowest BCUT2D eigenvalue weighted by molar-refractivity contribution is 0.710. The molecule has 5 heteroatoms. The van der Waals surface area contributed by atoms with E-state index in [9.17, 15) is 0 Å². The van der Waals surface area contributed by atoms with E-state index in [1.54, 1.807) is 6.20 Å². The highest BCUT2D eigenvalue weighted by Crippen LogP contribution is 2.38. The second-order valence-electron chi connectivity index (χ2n) is 4.59. The third-order valence-corrected chi connectivity index (χ3v) is 4.12. The summed E-state index contributed by atoms with van der Waals surface area (Å²) in [6.45, 7) is 0.987. The maximum Gasteiger partial charge on any atom is 0.147 e. The van der Waals surface area contributed by atoms with Gasteiger partial charge in [0.1, 0.15) is 5.82 Å². The first-order valence-corrected chi connectivity index (χ1v) is 7.40. The lowest BCUT2D eigenvalue weighted by Gasteiger charge is -2.26. The largest absolute Gasteiger partial charge is 0.348 e. The maximum atomic E-state index is 6.32. The van der Waals surface area contributed by atoms with Gasteiger partial charge in [-0.2, -0.15) is 0 Å². The van der Waals surface area contributed by atoms with Crippen molar-refractivity contribution in [3.05, 3.63) is 51.8 Å². The maximum absolute atomic E-state index is 6.32. The van der Waals surface area contributed by atoms with Gasteiger partial charge in [0, 0.05) is 29.6 Å². The number of halogens is 2. The summed E-state index contributed by atoms with van der Waals surface area (Å²) in [6.07, 6.45) is 7.74. The average molecular weight is 339 g/mol. The van der Waals surface area contributed by atoms with Crippen LogP contribution >= 0.6 is 27.5 Å². The molecular formula is C14H13BrClN3. The van der Waals surface area contributed by atoms with E-state index >= 15 is 0 Å². The molecule has 1 aliphatic rings. The number of rotatable bonds is 2. The Morgan fingerprint density at radius 1 is 1.32 bits per heavy atom. The SMILES string of the molecule is Clc1cc(Br)cnc1N1CCCC1c1ccncc1. The van der Waals surface area contributed by atoms with Crippen LogP contribution in [0.4, 0.5) is 5.82 Å². The van der Waals surface area contributed by atoms with Crippen molar-refractivity contribution >= 4 is 33.3 Å². The van der Waals surface area contributed by atoms with Gasteiger partial charge >= 0.3 is 0 Å². The van der Waals surface area contributed by atoms with Crippen LogP contribution in [0.5, 0.6) is 0 Å². The Kier molecular flexibility index (Phi) is 3.71. The van der Waals surface area contributed by atoms with E-state index in [4.69, 9.17) is 11.6 Å². The van der Waals surface area contributed by atoms with Crippen molar-refractivity contribution < 1.29 is 0 Å². The van der Waals surface area contributed by atoms with Crippen molar-refractivity contribution in [3.8, 4) is 0 Å². The summed E-state index contributed by atoms with van der Waals surface area (Å²) in [7, 11) is 0. The Labute approximate surface area is 125 Å². The molecule has 0 bridgehead atoms. The van der Waals surface area contributed by atoms with Gasteiger partial charge in [0.05, 0.1) is 11.1 Å². The average Bonchev–Trinajstić information content (AvgIpc) is 2.89. The summed E-state index contributed by atoms with van der Waals surface area (Å²) in [5.41, 5.74) is 1.27. The molecule has 3 nitrogen and oxygen atoms in total. The van der Waals surface area contributed by atoms with Gasteiger partial charge in [-0.3, -0.25) is 4.98 Å². The van der Waals surface area contributed by atoms with E-state index in [0.29, 0.717) is 11.1 Å². The molecular weight excluding hydrogens is 326 g/mol. The standard InChI is InChI=1S/C14H13BrClN3/c15-11-8-12(16)14(18-9-11)19-7-1-2-13(19)10-3-5-17-6-4-10/h3-6,8-9,13H,1-2,7H2. The first-order chi connectivity index (χ1) is 9.25. The minimum atomic E-state index is 0.342. The molecule has 0 N–H and O–H groups in total. The van der Waals surface area contributed by atoms with Crippen LogP contribution in [-0.2, 0) is 0 Å². The summed E-state index contributed by atoms with van der Waals surface area (Å²) in [6, 6.07) is 6.37. The molecule has 0 saturated carbocycles. The number of nitrogens with zero attached hydrogens (tertiary/aromatic N) is 3. The monoisotopic (exact) mass is 337 g/mol. The van der Waals surface area contributed by atoms with Crippen LogP contribution in [0.1, 0.15) is 24.4 Å². The van der Waals surface area contributed by atoms with E-state index in [0.717, 1.165) is 29.7 Å². The smallest absolute Gasteiger partial charge is 0.147 e. The molecule has 2 aromatic heterocycles. The highest BCUT2D eigenvalue weighted by Gasteiger charge is 2.28. The van der Waals surface area contributed by atoms with E-state index in [2.05, 4.69) is 42.9 Å². The van der Waals surface area contributed by atoms with E-state index in [1.165, 1.54) is 5.56 Å². The van der Waals surface area contributed by atoms with Crippen molar-refractivity contribution in [2.75, 3.05) is 11.4 Å². The van der Waals surface area contributed by atoms with Crippen LogP contribution in [0.3, 0.4) is 0 Å². The van der Waals surface area contributed by atoms with Gasteiger partial charge in [-0.15, -0.1) is 0 Å². The first kappa shape index (κ1) is 12.9. The second-order valence-corrected chi connectivity index (χ2v) is 5.91. The van der Waals surface area contributed by atoms with Gasteiger partial charge in [-0.25, -0.2) is 4.98 Å². The molecule has 2 aromatic rings. The highest BCUT2D eigenvalue weighted by atomic mass is 79.9. The Balaban J connectivity index is 1.95. The fourth-order valence-electron chi connectivity index (χ4n) is 2.57. The molecule has 19 heavy (non-hydrogen) atoms. The number of anilines is 1. The van der Waals surface area contributed by atoms with E-state index in [-0.39, 0.29) is 0 Å². The van der Waals surface area contributed by atoms with Crippen LogP contribution in [0.15, 0.2) is 41.3 Å². The molecule has 0 amide bonds. The summed E-state index contributed by atoms with van der Waals surface area (Å²) in [4.78, 5) is 10.8. The molecule has 98 valence electrons. The second kappa shape index (κ2) is 5.47. The third-order valence-electron chi connectivity index (χ3n) is 3.40. The van der Waals surface area contributed by atoms with Crippen LogP contribution in [0.25, 0.3) is 0 Å². The lowest BCUT2D eigenvalue weighted by atomic mass is 10.1. The number of hydrogen-bond donors (Lipinski definition) is 0. The van der Waals surface area contributed by atoms with Crippen molar-refractivity contribution in [3.63, 3.8) is 0 Å². The van der Waals surface area contributed by atoms with Crippen molar-refractivity contribution in [1.29, 1.82) is 0 Å². The number of pyridine rings is 2. The fraction of sp³-hybridized carbons (Fsp3) is 0.286. The summed E-state index contributed by atoms with van der Waals surface area (Å²) >= 11 is 9.71. The third kappa shape index (κ3) is 2.60. The molecule has 3 rings (SSSR count). The zero-order valence-electron chi connectivity index (χ0n) is 10.3. The van der Waals surface area contributed by atoms with Crippen LogP contribution in [0, 0.1) is 0 Å². The predicted molar refractivity (Wildman–Crippen MR) is 80.5 cm³/mol. The minimum absolute atomic E-state index is 0.342. The Bertz CT molecular complexity index is 576. The zero-order chi connectivity index (χ0) is 13.2. The van der Waals surface area contributed by atoms with Gasteiger partial charge < -0.3 is 4.90 Å². The molecule has 3 heterocycles. The molecule has 1 unspecified atom stereocenters. The van der Waals surface area contributed by atoms with Crippen molar-refractivity contribution in [2.24, 2.45) is 0 Å². The van der Waals surface area contributed by atoms with Crippen LogP contribution < -0.4 is 4.90 Å². The molecule has 0 spiro atoms. The Morgan fingerprint density at radius 3 is 2.84 bits per heavy atom. The molecule has 0 aromatic carbocycles. The van der Waals surface area contributed by atoms with Gasteiger partial charge in [-0.1, -0.05) is 11.6 Å². The first-order valence-electron chi connectivity index (χ1n) is 6.23. The normalized spacial score (nSPS) is 18.8. The molecule has 1 atom stereocenters. The molecule has 0 aliphatic carbocycles.